The molecular formula is C22H36O2. The molecule has 7 atom stereocenters. The summed E-state index contributed by atoms with van der Waals surface area (Å²) in [6, 6.07) is 0. The normalized spacial score (nSPS) is 53.2. The molecule has 4 aliphatic carbocycles. The molecule has 4 aliphatic rings. The van der Waals surface area contributed by atoms with Crippen LogP contribution in [-0.2, 0) is 9.53 Å². The zero-order chi connectivity index (χ0) is 17.2. The fraction of sp³-hybridized carbons (Fsp3) is 0.955. The first-order chi connectivity index (χ1) is 11.3. The SMILES string of the molecule is CC(=O)OCC1(C)CCC[C@@]2(C)[C@H]1CC[C@]13C[C@@H](CC[C@@H]12)[C@H](C)C3. The van der Waals surface area contributed by atoms with E-state index in [9.17, 15) is 4.79 Å². The summed E-state index contributed by atoms with van der Waals surface area (Å²) in [4.78, 5) is 11.4. The van der Waals surface area contributed by atoms with Gasteiger partial charge in [-0.1, -0.05) is 27.2 Å². The summed E-state index contributed by atoms with van der Waals surface area (Å²) in [6.45, 7) is 9.75. The fourth-order valence-corrected chi connectivity index (χ4v) is 8.36. The number of esters is 1. The third kappa shape index (κ3) is 2.31. The molecule has 2 bridgehead atoms. The van der Waals surface area contributed by atoms with E-state index in [1.54, 1.807) is 6.92 Å². The standard InChI is InChI=1S/C22H36O2/c1-15-12-22-11-8-18-20(3,14-24-16(2)23)9-5-10-21(18,4)19(22)7-6-17(15)13-22/h15,17-19H,5-14H2,1-4H3/t15-,17-,18+,19-,20?,21+,22+/m1/s1. The monoisotopic (exact) mass is 332 g/mol. The van der Waals surface area contributed by atoms with Crippen LogP contribution in [0.2, 0.25) is 0 Å². The predicted octanol–water partition coefficient (Wildman–Crippen LogP) is 5.60. The van der Waals surface area contributed by atoms with Crippen LogP contribution in [0.1, 0.15) is 85.5 Å². The molecule has 4 rings (SSSR count). The molecule has 0 aromatic heterocycles. The lowest BCUT2D eigenvalue weighted by molar-refractivity contribution is -0.172. The number of carbonyl (C=O) groups excluding carboxylic acids is 1. The van der Waals surface area contributed by atoms with Crippen molar-refractivity contribution >= 4 is 5.97 Å². The van der Waals surface area contributed by atoms with Gasteiger partial charge in [0.25, 0.3) is 0 Å². The Morgan fingerprint density at radius 1 is 1.04 bits per heavy atom. The highest BCUT2D eigenvalue weighted by atomic mass is 16.5. The summed E-state index contributed by atoms with van der Waals surface area (Å²) in [5, 5.41) is 0. The van der Waals surface area contributed by atoms with Gasteiger partial charge >= 0.3 is 5.97 Å². The van der Waals surface area contributed by atoms with Crippen molar-refractivity contribution in [2.75, 3.05) is 6.61 Å². The second-order valence-corrected chi connectivity index (χ2v) is 10.5. The van der Waals surface area contributed by atoms with Gasteiger partial charge in [0.15, 0.2) is 0 Å². The summed E-state index contributed by atoms with van der Waals surface area (Å²) in [5.41, 5.74) is 1.33. The smallest absolute Gasteiger partial charge is 0.302 e. The third-order valence-electron chi connectivity index (χ3n) is 9.20. The highest BCUT2D eigenvalue weighted by Crippen LogP contribution is 2.72. The van der Waals surface area contributed by atoms with Crippen LogP contribution in [0.15, 0.2) is 0 Å². The molecule has 0 aromatic carbocycles. The lowest BCUT2D eigenvalue weighted by Gasteiger charge is -2.64. The molecule has 1 unspecified atom stereocenters. The number of ether oxygens (including phenoxy) is 1. The van der Waals surface area contributed by atoms with Crippen LogP contribution in [0.5, 0.6) is 0 Å². The van der Waals surface area contributed by atoms with E-state index in [-0.39, 0.29) is 11.4 Å². The number of hydrogen-bond acceptors (Lipinski definition) is 2. The van der Waals surface area contributed by atoms with Gasteiger partial charge in [-0.15, -0.1) is 0 Å². The Kier molecular flexibility index (Phi) is 3.86. The zero-order valence-electron chi connectivity index (χ0n) is 16.2. The molecule has 0 N–H and O–H groups in total. The number of fused-ring (bicyclic) bond motifs is 3. The predicted molar refractivity (Wildman–Crippen MR) is 96.5 cm³/mol. The first-order valence-corrected chi connectivity index (χ1v) is 10.4. The van der Waals surface area contributed by atoms with E-state index in [4.69, 9.17) is 4.74 Å². The average molecular weight is 333 g/mol. The summed E-state index contributed by atoms with van der Waals surface area (Å²) in [7, 11) is 0. The van der Waals surface area contributed by atoms with Gasteiger partial charge in [0, 0.05) is 12.3 Å². The van der Waals surface area contributed by atoms with E-state index in [0.717, 1.165) is 23.7 Å². The van der Waals surface area contributed by atoms with Crippen molar-refractivity contribution in [3.8, 4) is 0 Å². The maximum absolute atomic E-state index is 11.4. The van der Waals surface area contributed by atoms with E-state index in [0.29, 0.717) is 17.4 Å². The minimum Gasteiger partial charge on any atom is -0.465 e. The molecule has 136 valence electrons. The van der Waals surface area contributed by atoms with Crippen molar-refractivity contribution in [3.05, 3.63) is 0 Å². The molecule has 0 heterocycles. The second-order valence-electron chi connectivity index (χ2n) is 10.5. The minimum absolute atomic E-state index is 0.110. The Morgan fingerprint density at radius 3 is 2.58 bits per heavy atom. The van der Waals surface area contributed by atoms with Crippen LogP contribution in [0, 0.1) is 39.9 Å². The van der Waals surface area contributed by atoms with Gasteiger partial charge in [0.2, 0.25) is 0 Å². The van der Waals surface area contributed by atoms with Crippen LogP contribution in [-0.4, -0.2) is 12.6 Å². The maximum Gasteiger partial charge on any atom is 0.302 e. The van der Waals surface area contributed by atoms with E-state index >= 15 is 0 Å². The molecule has 0 amide bonds. The summed E-state index contributed by atoms with van der Waals surface area (Å²) in [5.74, 6) is 3.51. The molecule has 0 radical (unpaired) electrons. The first-order valence-electron chi connectivity index (χ1n) is 10.4. The Morgan fingerprint density at radius 2 is 1.83 bits per heavy atom. The van der Waals surface area contributed by atoms with Crippen LogP contribution >= 0.6 is 0 Å². The number of rotatable bonds is 2. The van der Waals surface area contributed by atoms with Crippen LogP contribution < -0.4 is 0 Å². The van der Waals surface area contributed by atoms with Gasteiger partial charge in [-0.05, 0) is 85.9 Å². The van der Waals surface area contributed by atoms with Crippen molar-refractivity contribution < 1.29 is 9.53 Å². The quantitative estimate of drug-likeness (QED) is 0.615. The minimum atomic E-state index is -0.110. The Hall–Kier alpha value is -0.530. The first kappa shape index (κ1) is 16.9. The molecule has 2 heteroatoms. The summed E-state index contributed by atoms with van der Waals surface area (Å²) >= 11 is 0. The van der Waals surface area contributed by atoms with Crippen molar-refractivity contribution in [2.24, 2.45) is 39.9 Å². The van der Waals surface area contributed by atoms with Crippen molar-refractivity contribution in [1.29, 1.82) is 0 Å². The Bertz CT molecular complexity index is 524. The molecular weight excluding hydrogens is 296 g/mol. The van der Waals surface area contributed by atoms with E-state index in [1.165, 1.54) is 57.8 Å². The fourth-order valence-electron chi connectivity index (χ4n) is 8.36. The number of hydrogen-bond donors (Lipinski definition) is 0. The molecule has 2 nitrogen and oxygen atoms in total. The maximum atomic E-state index is 11.4. The van der Waals surface area contributed by atoms with Crippen LogP contribution in [0.4, 0.5) is 0 Å². The molecule has 4 fully saturated rings. The largest absolute Gasteiger partial charge is 0.465 e. The molecule has 24 heavy (non-hydrogen) atoms. The summed E-state index contributed by atoms with van der Waals surface area (Å²) < 4.78 is 5.55. The van der Waals surface area contributed by atoms with Gasteiger partial charge in [0.05, 0.1) is 6.61 Å². The molecule has 0 aromatic rings. The summed E-state index contributed by atoms with van der Waals surface area (Å²) in [6.07, 6.45) is 12.7. The molecule has 0 saturated heterocycles. The van der Waals surface area contributed by atoms with Crippen molar-refractivity contribution in [1.82, 2.24) is 0 Å². The topological polar surface area (TPSA) is 26.3 Å². The van der Waals surface area contributed by atoms with Gasteiger partial charge < -0.3 is 4.74 Å². The lowest BCUT2D eigenvalue weighted by atomic mass is 9.41. The average Bonchev–Trinajstić information content (AvgIpc) is 2.74. The molecule has 4 saturated carbocycles. The third-order valence-corrected chi connectivity index (χ3v) is 9.20. The number of carbonyl (C=O) groups is 1. The van der Waals surface area contributed by atoms with E-state index < -0.39 is 0 Å². The zero-order valence-corrected chi connectivity index (χ0v) is 16.2. The van der Waals surface area contributed by atoms with Crippen molar-refractivity contribution in [2.45, 2.75) is 85.5 Å². The van der Waals surface area contributed by atoms with Gasteiger partial charge in [0.1, 0.15) is 0 Å². The van der Waals surface area contributed by atoms with Crippen LogP contribution in [0.25, 0.3) is 0 Å². The van der Waals surface area contributed by atoms with E-state index in [1.807, 2.05) is 0 Å². The second kappa shape index (κ2) is 5.48. The Balaban J connectivity index is 1.63. The highest BCUT2D eigenvalue weighted by molar-refractivity contribution is 5.65. The molecule has 0 aliphatic heterocycles. The Labute approximate surface area is 148 Å². The van der Waals surface area contributed by atoms with Gasteiger partial charge in [-0.3, -0.25) is 4.79 Å². The highest BCUT2D eigenvalue weighted by Gasteiger charge is 2.64. The van der Waals surface area contributed by atoms with Gasteiger partial charge in [-0.2, -0.15) is 0 Å². The van der Waals surface area contributed by atoms with Gasteiger partial charge in [-0.25, -0.2) is 0 Å². The molecule has 1 spiro atoms. The van der Waals surface area contributed by atoms with Crippen LogP contribution in [0.3, 0.4) is 0 Å². The lowest BCUT2D eigenvalue weighted by Crippen LogP contribution is -2.57. The van der Waals surface area contributed by atoms with Crippen molar-refractivity contribution in [3.63, 3.8) is 0 Å². The van der Waals surface area contributed by atoms with E-state index in [2.05, 4.69) is 20.8 Å².